The summed E-state index contributed by atoms with van der Waals surface area (Å²) in [6.45, 7) is 0. The minimum atomic E-state index is -0.469. The Labute approximate surface area is 91.3 Å². The summed E-state index contributed by atoms with van der Waals surface area (Å²) in [5.41, 5.74) is 1.43. The predicted octanol–water partition coefficient (Wildman–Crippen LogP) is 3.20. The van der Waals surface area contributed by atoms with E-state index in [0.717, 1.165) is 5.56 Å². The lowest BCUT2D eigenvalue weighted by molar-refractivity contribution is -0.384. The van der Waals surface area contributed by atoms with Gasteiger partial charge in [-0.2, -0.15) is 0 Å². The van der Waals surface area contributed by atoms with Crippen LogP contribution in [-0.4, -0.2) is 4.92 Å². The van der Waals surface area contributed by atoms with Gasteiger partial charge in [-0.3, -0.25) is 10.1 Å². The van der Waals surface area contributed by atoms with Crippen molar-refractivity contribution in [2.75, 3.05) is 0 Å². The molecule has 0 bridgehead atoms. The van der Waals surface area contributed by atoms with Crippen molar-refractivity contribution in [2.45, 2.75) is 0 Å². The second-order valence-electron chi connectivity index (χ2n) is 3.23. The Morgan fingerprint density at radius 3 is 2.38 bits per heavy atom. The van der Waals surface area contributed by atoms with Gasteiger partial charge in [0.15, 0.2) is 0 Å². The van der Waals surface area contributed by atoms with E-state index in [0.29, 0.717) is 5.56 Å². The van der Waals surface area contributed by atoms with Gasteiger partial charge in [-0.15, -0.1) is 0 Å². The van der Waals surface area contributed by atoms with Crippen LogP contribution < -0.4 is 0 Å². The number of halogens is 1. The summed E-state index contributed by atoms with van der Waals surface area (Å²) in [5, 5.41) is 10.4. The van der Waals surface area contributed by atoms with E-state index < -0.39 is 10.7 Å². The molecule has 0 atom stereocenters. The molecule has 0 aliphatic carbocycles. The Kier molecular flexibility index (Phi) is 2.64. The molecule has 0 aromatic heterocycles. The number of benzene rings is 2. The van der Waals surface area contributed by atoms with Crippen molar-refractivity contribution in [3.8, 4) is 11.1 Å². The standard InChI is InChI=1S/C12H7FNO2/c13-11-3-1-2-10(8-11)9-4-6-12(7-5-9)14(15)16/h1-2,4-8H. The molecule has 4 heteroatoms. The quantitative estimate of drug-likeness (QED) is 0.571. The first-order chi connectivity index (χ1) is 7.66. The summed E-state index contributed by atoms with van der Waals surface area (Å²) in [6, 6.07) is 12.9. The van der Waals surface area contributed by atoms with Crippen molar-refractivity contribution in [1.29, 1.82) is 0 Å². The first kappa shape index (κ1) is 10.3. The van der Waals surface area contributed by atoms with Crippen molar-refractivity contribution >= 4 is 5.69 Å². The van der Waals surface area contributed by atoms with Gasteiger partial charge in [0, 0.05) is 18.2 Å². The summed E-state index contributed by atoms with van der Waals surface area (Å²) in [4.78, 5) is 9.97. The van der Waals surface area contributed by atoms with Crippen LogP contribution in [0, 0.1) is 22.0 Å². The molecule has 0 amide bonds. The molecule has 1 radical (unpaired) electrons. The normalized spacial score (nSPS) is 10.1. The fourth-order valence-electron chi connectivity index (χ4n) is 1.39. The summed E-state index contributed by atoms with van der Waals surface area (Å²) >= 11 is 0. The first-order valence-electron chi connectivity index (χ1n) is 4.59. The van der Waals surface area contributed by atoms with Gasteiger partial charge >= 0.3 is 0 Å². The van der Waals surface area contributed by atoms with E-state index in [9.17, 15) is 14.5 Å². The first-order valence-corrected chi connectivity index (χ1v) is 4.59. The van der Waals surface area contributed by atoms with E-state index in [2.05, 4.69) is 6.07 Å². The molecule has 2 aromatic rings. The van der Waals surface area contributed by atoms with Gasteiger partial charge in [0.1, 0.15) is 5.82 Å². The molecule has 3 nitrogen and oxygen atoms in total. The van der Waals surface area contributed by atoms with Gasteiger partial charge in [-0.1, -0.05) is 12.1 Å². The third-order valence-electron chi connectivity index (χ3n) is 2.18. The van der Waals surface area contributed by atoms with Crippen molar-refractivity contribution in [3.05, 3.63) is 64.5 Å². The molecule has 2 aromatic carbocycles. The molecule has 0 saturated carbocycles. The summed E-state index contributed by atoms with van der Waals surface area (Å²) in [7, 11) is 0. The van der Waals surface area contributed by atoms with Crippen LogP contribution in [0.4, 0.5) is 10.1 Å². The van der Waals surface area contributed by atoms with E-state index in [1.165, 1.54) is 24.3 Å². The fourth-order valence-corrected chi connectivity index (χ4v) is 1.39. The zero-order valence-electron chi connectivity index (χ0n) is 8.18. The third kappa shape index (κ3) is 2.06. The third-order valence-corrected chi connectivity index (χ3v) is 2.18. The molecule has 0 aliphatic heterocycles. The average molecular weight is 216 g/mol. The zero-order chi connectivity index (χ0) is 11.5. The molecule has 0 unspecified atom stereocenters. The number of nitrogens with zero attached hydrogens (tertiary/aromatic N) is 1. The van der Waals surface area contributed by atoms with Gasteiger partial charge in [0.25, 0.3) is 5.69 Å². The molecule has 0 heterocycles. The van der Waals surface area contributed by atoms with Crippen LogP contribution in [0.5, 0.6) is 0 Å². The van der Waals surface area contributed by atoms with Gasteiger partial charge in [-0.25, -0.2) is 4.39 Å². The minimum absolute atomic E-state index is 0.0201. The average Bonchev–Trinajstić information content (AvgIpc) is 2.29. The molecule has 0 aliphatic rings. The number of hydrogen-bond acceptors (Lipinski definition) is 2. The maximum absolute atomic E-state index is 12.9. The summed E-state index contributed by atoms with van der Waals surface area (Å²) in [5.74, 6) is -0.448. The van der Waals surface area contributed by atoms with E-state index in [1.807, 2.05) is 0 Å². The molecule has 0 saturated heterocycles. The Hall–Kier alpha value is -2.23. The second-order valence-corrected chi connectivity index (χ2v) is 3.23. The second kappa shape index (κ2) is 4.10. The number of rotatable bonds is 2. The van der Waals surface area contributed by atoms with Crippen LogP contribution in [0.1, 0.15) is 0 Å². The maximum Gasteiger partial charge on any atom is 0.269 e. The van der Waals surface area contributed by atoms with Gasteiger partial charge in [-0.05, 0) is 29.3 Å². The smallest absolute Gasteiger partial charge is 0.258 e. The van der Waals surface area contributed by atoms with Gasteiger partial charge in [0.2, 0.25) is 0 Å². The highest BCUT2D eigenvalue weighted by atomic mass is 19.1. The molecule has 0 N–H and O–H groups in total. The van der Waals surface area contributed by atoms with Crippen LogP contribution in [-0.2, 0) is 0 Å². The summed E-state index contributed by atoms with van der Waals surface area (Å²) in [6.07, 6.45) is 0. The van der Waals surface area contributed by atoms with Crippen LogP contribution >= 0.6 is 0 Å². The van der Waals surface area contributed by atoms with Crippen LogP contribution in [0.25, 0.3) is 11.1 Å². The lowest BCUT2D eigenvalue weighted by Gasteiger charge is -2.00. The SMILES string of the molecule is O=[N+]([O-])c1ccc(-c2cc[c]c(F)c2)cc1. The topological polar surface area (TPSA) is 43.1 Å². The van der Waals surface area contributed by atoms with E-state index in [1.54, 1.807) is 18.2 Å². The number of nitro groups is 1. The van der Waals surface area contributed by atoms with E-state index >= 15 is 0 Å². The monoisotopic (exact) mass is 216 g/mol. The number of nitro benzene ring substituents is 1. The Morgan fingerprint density at radius 2 is 1.81 bits per heavy atom. The summed E-state index contributed by atoms with van der Waals surface area (Å²) < 4.78 is 12.9. The van der Waals surface area contributed by atoms with Crippen molar-refractivity contribution < 1.29 is 9.31 Å². The molecule has 0 fully saturated rings. The van der Waals surface area contributed by atoms with E-state index in [-0.39, 0.29) is 5.69 Å². The highest BCUT2D eigenvalue weighted by Gasteiger charge is 2.05. The number of hydrogen-bond donors (Lipinski definition) is 0. The minimum Gasteiger partial charge on any atom is -0.258 e. The van der Waals surface area contributed by atoms with E-state index in [4.69, 9.17) is 0 Å². The molecular formula is C12H7FNO2. The molecule has 0 spiro atoms. The fraction of sp³-hybridized carbons (Fsp3) is 0. The van der Waals surface area contributed by atoms with Gasteiger partial charge < -0.3 is 0 Å². The molecule has 2 rings (SSSR count). The Bertz CT molecular complexity index is 523. The van der Waals surface area contributed by atoms with Crippen molar-refractivity contribution in [1.82, 2.24) is 0 Å². The lowest BCUT2D eigenvalue weighted by atomic mass is 10.1. The van der Waals surface area contributed by atoms with Crippen molar-refractivity contribution in [3.63, 3.8) is 0 Å². The van der Waals surface area contributed by atoms with Crippen LogP contribution in [0.2, 0.25) is 0 Å². The molecule has 79 valence electrons. The highest BCUT2D eigenvalue weighted by molar-refractivity contribution is 5.64. The lowest BCUT2D eigenvalue weighted by Crippen LogP contribution is -1.87. The predicted molar refractivity (Wildman–Crippen MR) is 57.3 cm³/mol. The van der Waals surface area contributed by atoms with Crippen LogP contribution in [0.3, 0.4) is 0 Å². The zero-order valence-corrected chi connectivity index (χ0v) is 8.18. The van der Waals surface area contributed by atoms with Crippen LogP contribution in [0.15, 0.2) is 42.5 Å². The van der Waals surface area contributed by atoms with Crippen molar-refractivity contribution in [2.24, 2.45) is 0 Å². The Morgan fingerprint density at radius 1 is 1.12 bits per heavy atom. The molecule has 16 heavy (non-hydrogen) atoms. The molecular weight excluding hydrogens is 209 g/mol. The highest BCUT2D eigenvalue weighted by Crippen LogP contribution is 2.22. The number of non-ortho nitro benzene ring substituents is 1. The maximum atomic E-state index is 12.9. The van der Waals surface area contributed by atoms with Gasteiger partial charge in [0.05, 0.1) is 4.92 Å². The largest absolute Gasteiger partial charge is 0.269 e. The Balaban J connectivity index is 2.38.